The third kappa shape index (κ3) is 5.00. The van der Waals surface area contributed by atoms with E-state index in [-0.39, 0.29) is 53.5 Å². The van der Waals surface area contributed by atoms with Crippen molar-refractivity contribution in [3.63, 3.8) is 0 Å². The molecule has 0 aliphatic carbocycles. The molecule has 172 valence electrons. The number of imide groups is 1. The number of allylic oxidation sites excluding steroid dienone is 1. The second kappa shape index (κ2) is 10.5. The molecule has 1 aromatic carbocycles. The summed E-state index contributed by atoms with van der Waals surface area (Å²) < 4.78 is 11.0. The van der Waals surface area contributed by atoms with Crippen molar-refractivity contribution in [1.29, 1.82) is 5.26 Å². The normalized spacial score (nSPS) is 19.5. The fraction of sp³-hybridized carbons (Fsp3) is 0.333. The number of carbonyl (C=O) groups excluding carboxylic acids is 3. The zero-order valence-corrected chi connectivity index (χ0v) is 19.0. The average molecular weight is 471 g/mol. The van der Waals surface area contributed by atoms with Gasteiger partial charge in [-0.3, -0.25) is 14.5 Å². The summed E-state index contributed by atoms with van der Waals surface area (Å²) in [6.07, 6.45) is 3.58. The van der Waals surface area contributed by atoms with E-state index in [9.17, 15) is 19.6 Å². The van der Waals surface area contributed by atoms with Crippen molar-refractivity contribution in [3.05, 3.63) is 69.0 Å². The molecule has 9 heteroatoms. The lowest BCUT2D eigenvalue weighted by Gasteiger charge is -2.27. The molecule has 0 radical (unpaired) electrons. The number of hydrogen-bond acceptors (Lipinski definition) is 7. The molecule has 2 aliphatic rings. The SMILES string of the molecule is CCOC(=O)c1cc(C2CC=C(/C=C3\C(=O)N(CCCO)C(=O)C(C#N)=C3C)O2)ccc1Cl. The molecule has 1 atom stereocenters. The fourth-order valence-corrected chi connectivity index (χ4v) is 3.79. The Morgan fingerprint density at radius 1 is 1.39 bits per heavy atom. The minimum atomic E-state index is -0.669. The molecule has 0 saturated heterocycles. The first kappa shape index (κ1) is 24.2. The molecule has 0 fully saturated rings. The second-order valence-corrected chi connectivity index (χ2v) is 7.82. The van der Waals surface area contributed by atoms with Crippen LogP contribution in [-0.2, 0) is 19.1 Å². The van der Waals surface area contributed by atoms with E-state index in [2.05, 4.69) is 0 Å². The predicted octanol–water partition coefficient (Wildman–Crippen LogP) is 3.38. The highest BCUT2D eigenvalue weighted by Gasteiger charge is 2.35. The van der Waals surface area contributed by atoms with E-state index >= 15 is 0 Å². The number of esters is 1. The van der Waals surface area contributed by atoms with Crippen molar-refractivity contribution in [2.75, 3.05) is 19.8 Å². The maximum absolute atomic E-state index is 12.9. The molecule has 3 rings (SSSR count). The largest absolute Gasteiger partial charge is 0.486 e. The predicted molar refractivity (Wildman–Crippen MR) is 119 cm³/mol. The number of carbonyl (C=O) groups is 3. The monoisotopic (exact) mass is 470 g/mol. The minimum Gasteiger partial charge on any atom is -0.486 e. The number of halogens is 1. The molecular formula is C24H23ClN2O6. The van der Waals surface area contributed by atoms with Gasteiger partial charge in [0.2, 0.25) is 0 Å². The highest BCUT2D eigenvalue weighted by Crippen LogP contribution is 2.35. The van der Waals surface area contributed by atoms with E-state index < -0.39 is 23.9 Å². The fourth-order valence-electron chi connectivity index (χ4n) is 3.59. The summed E-state index contributed by atoms with van der Waals surface area (Å²) in [6.45, 7) is 3.29. The first-order valence-electron chi connectivity index (χ1n) is 10.5. The van der Waals surface area contributed by atoms with Crippen LogP contribution in [0.5, 0.6) is 0 Å². The Labute approximate surface area is 196 Å². The van der Waals surface area contributed by atoms with Crippen LogP contribution in [0.15, 0.2) is 52.8 Å². The molecular weight excluding hydrogens is 448 g/mol. The Balaban J connectivity index is 1.86. The molecule has 1 N–H and O–H groups in total. The van der Waals surface area contributed by atoms with Gasteiger partial charge in [-0.15, -0.1) is 0 Å². The van der Waals surface area contributed by atoms with Gasteiger partial charge in [-0.1, -0.05) is 17.7 Å². The molecule has 2 heterocycles. The quantitative estimate of drug-likeness (QED) is 0.368. The number of hydrogen-bond donors (Lipinski definition) is 1. The molecule has 0 bridgehead atoms. The van der Waals surface area contributed by atoms with Crippen LogP contribution in [-0.4, -0.2) is 47.5 Å². The number of aliphatic hydroxyl groups excluding tert-OH is 1. The molecule has 1 aromatic rings. The molecule has 0 saturated carbocycles. The van der Waals surface area contributed by atoms with Gasteiger partial charge < -0.3 is 14.6 Å². The Bertz CT molecular complexity index is 1130. The first-order chi connectivity index (χ1) is 15.8. The van der Waals surface area contributed by atoms with Crippen LogP contribution in [0.25, 0.3) is 0 Å². The smallest absolute Gasteiger partial charge is 0.339 e. The summed E-state index contributed by atoms with van der Waals surface area (Å²) in [6, 6.07) is 6.84. The summed E-state index contributed by atoms with van der Waals surface area (Å²) in [4.78, 5) is 38.5. The summed E-state index contributed by atoms with van der Waals surface area (Å²) in [5, 5.41) is 18.8. The van der Waals surface area contributed by atoms with E-state index in [4.69, 9.17) is 26.2 Å². The third-order valence-corrected chi connectivity index (χ3v) is 5.65. The summed E-state index contributed by atoms with van der Waals surface area (Å²) >= 11 is 6.13. The number of nitriles is 1. The minimum absolute atomic E-state index is 0.00784. The molecule has 1 unspecified atom stereocenters. The number of nitrogens with zero attached hydrogens (tertiary/aromatic N) is 2. The lowest BCUT2D eigenvalue weighted by atomic mass is 9.94. The van der Waals surface area contributed by atoms with Gasteiger partial charge in [-0.05, 0) is 55.7 Å². The van der Waals surface area contributed by atoms with Gasteiger partial charge in [-0.2, -0.15) is 5.26 Å². The van der Waals surface area contributed by atoms with Gasteiger partial charge in [0, 0.05) is 25.1 Å². The molecule has 33 heavy (non-hydrogen) atoms. The Morgan fingerprint density at radius 2 is 2.15 bits per heavy atom. The topological polar surface area (TPSA) is 117 Å². The average Bonchev–Trinajstić information content (AvgIpc) is 3.26. The van der Waals surface area contributed by atoms with Crippen molar-refractivity contribution < 1.29 is 29.0 Å². The zero-order valence-electron chi connectivity index (χ0n) is 18.3. The van der Waals surface area contributed by atoms with Gasteiger partial charge >= 0.3 is 5.97 Å². The van der Waals surface area contributed by atoms with E-state index in [0.717, 1.165) is 4.90 Å². The molecule has 0 spiro atoms. The lowest BCUT2D eigenvalue weighted by molar-refractivity contribution is -0.140. The molecule has 2 amide bonds. The van der Waals surface area contributed by atoms with Crippen molar-refractivity contribution in [3.8, 4) is 6.07 Å². The highest BCUT2D eigenvalue weighted by molar-refractivity contribution is 6.33. The van der Waals surface area contributed by atoms with Crippen LogP contribution < -0.4 is 0 Å². The van der Waals surface area contributed by atoms with Crippen molar-refractivity contribution in [2.45, 2.75) is 32.8 Å². The number of amides is 2. The highest BCUT2D eigenvalue weighted by atomic mass is 35.5. The van der Waals surface area contributed by atoms with Crippen LogP contribution in [0.4, 0.5) is 0 Å². The van der Waals surface area contributed by atoms with E-state index in [1.807, 2.05) is 6.07 Å². The van der Waals surface area contributed by atoms with Gasteiger partial charge in [0.05, 0.1) is 17.2 Å². The second-order valence-electron chi connectivity index (χ2n) is 7.42. The van der Waals surface area contributed by atoms with Gasteiger partial charge in [0.15, 0.2) is 0 Å². The van der Waals surface area contributed by atoms with Crippen molar-refractivity contribution in [1.82, 2.24) is 4.90 Å². The van der Waals surface area contributed by atoms with Crippen molar-refractivity contribution >= 4 is 29.4 Å². The lowest BCUT2D eigenvalue weighted by Crippen LogP contribution is -2.43. The Kier molecular flexibility index (Phi) is 7.69. The molecule has 8 nitrogen and oxygen atoms in total. The standard InChI is InChI=1S/C24H23ClN2O6/c1-3-32-24(31)18-11-15(5-7-20(18)25)21-8-6-16(33-21)12-17-14(2)19(13-26)23(30)27(22(17)29)9-4-10-28/h5-7,11-12,21,28H,3-4,8-10H2,1-2H3/b17-12-. The van der Waals surface area contributed by atoms with Crippen LogP contribution >= 0.6 is 11.6 Å². The number of ether oxygens (including phenoxy) is 2. The number of aliphatic hydroxyl groups is 1. The van der Waals surface area contributed by atoms with E-state index in [1.54, 1.807) is 38.1 Å². The van der Waals surface area contributed by atoms with Crippen LogP contribution in [0.1, 0.15) is 48.7 Å². The number of rotatable bonds is 7. The van der Waals surface area contributed by atoms with E-state index in [1.165, 1.54) is 6.08 Å². The van der Waals surface area contributed by atoms with Crippen LogP contribution in [0.3, 0.4) is 0 Å². The van der Waals surface area contributed by atoms with E-state index in [0.29, 0.717) is 17.7 Å². The molecule has 0 aromatic heterocycles. The third-order valence-electron chi connectivity index (χ3n) is 5.32. The first-order valence-corrected chi connectivity index (χ1v) is 10.8. The molecule has 2 aliphatic heterocycles. The zero-order chi connectivity index (χ0) is 24.1. The summed E-state index contributed by atoms with van der Waals surface area (Å²) in [5.41, 5.74) is 1.29. The van der Waals surface area contributed by atoms with Crippen molar-refractivity contribution in [2.24, 2.45) is 0 Å². The van der Waals surface area contributed by atoms with Crippen LogP contribution in [0, 0.1) is 11.3 Å². The maximum Gasteiger partial charge on any atom is 0.339 e. The maximum atomic E-state index is 12.9. The van der Waals surface area contributed by atoms with Crippen LogP contribution in [0.2, 0.25) is 5.02 Å². The summed E-state index contributed by atoms with van der Waals surface area (Å²) in [7, 11) is 0. The van der Waals surface area contributed by atoms with Gasteiger partial charge in [0.1, 0.15) is 23.5 Å². The van der Waals surface area contributed by atoms with Gasteiger partial charge in [0.25, 0.3) is 11.8 Å². The van der Waals surface area contributed by atoms with Gasteiger partial charge in [-0.25, -0.2) is 4.79 Å². The number of benzene rings is 1. The Hall–Kier alpha value is -3.41. The Morgan fingerprint density at radius 3 is 2.82 bits per heavy atom. The summed E-state index contributed by atoms with van der Waals surface area (Å²) in [5.74, 6) is -1.33.